The van der Waals surface area contributed by atoms with Crippen LogP contribution in [0, 0.1) is 6.92 Å². The van der Waals surface area contributed by atoms with Gasteiger partial charge in [0.05, 0.1) is 10.7 Å². The number of benzene rings is 3. The van der Waals surface area contributed by atoms with E-state index in [0.717, 1.165) is 22.5 Å². The number of carbonyl (C=O) groups is 1. The van der Waals surface area contributed by atoms with Gasteiger partial charge in [-0.05, 0) is 56.2 Å². The van der Waals surface area contributed by atoms with Crippen LogP contribution in [0.1, 0.15) is 24.1 Å². The first-order valence-electron chi connectivity index (χ1n) is 15.7. The number of rotatable bonds is 8. The highest BCUT2D eigenvalue weighted by Crippen LogP contribution is 2.37. The molecule has 0 saturated carbocycles. The first-order chi connectivity index (χ1) is 23.2. The number of hydrogen-bond acceptors (Lipinski definition) is 8. The number of fused-ring (bicyclic) bond motifs is 1. The predicted molar refractivity (Wildman–Crippen MR) is 184 cm³/mol. The molecule has 4 heterocycles. The Balaban J connectivity index is 1.11. The molecule has 1 atom stereocenters. The minimum absolute atomic E-state index is 0.0373. The Morgan fingerprint density at radius 1 is 0.979 bits per heavy atom. The van der Waals surface area contributed by atoms with Crippen molar-refractivity contribution in [2.24, 2.45) is 0 Å². The minimum Gasteiger partial charge on any atom is -0.487 e. The highest BCUT2D eigenvalue weighted by molar-refractivity contribution is 7.89. The van der Waals surface area contributed by atoms with Gasteiger partial charge in [0.1, 0.15) is 41.5 Å². The van der Waals surface area contributed by atoms with Crippen molar-refractivity contribution in [3.05, 3.63) is 101 Å². The number of nitrogens with zero attached hydrogens (tertiary/aromatic N) is 7. The maximum atomic E-state index is 14.1. The Kier molecular flexibility index (Phi) is 8.99. The number of amides is 1. The molecule has 2 saturated heterocycles. The first kappa shape index (κ1) is 32.3. The van der Waals surface area contributed by atoms with Gasteiger partial charge in [-0.15, -0.1) is 0 Å². The minimum atomic E-state index is -4.15. The number of aromatic nitrogens is 4. The summed E-state index contributed by atoms with van der Waals surface area (Å²) in [7, 11) is -4.15. The summed E-state index contributed by atoms with van der Waals surface area (Å²) in [5.41, 5.74) is 3.57. The van der Waals surface area contributed by atoms with Crippen molar-refractivity contribution in [2.75, 3.05) is 37.6 Å². The van der Waals surface area contributed by atoms with E-state index in [1.165, 1.54) is 22.8 Å². The predicted octanol–water partition coefficient (Wildman–Crippen LogP) is 5.51. The Morgan fingerprint density at radius 2 is 1.77 bits per heavy atom. The second-order valence-corrected chi connectivity index (χ2v) is 14.5. The van der Waals surface area contributed by atoms with E-state index in [1.54, 1.807) is 22.0 Å². The number of sulfonamides is 1. The number of ether oxygens (including phenoxy) is 1. The normalized spacial score (nSPS) is 17.3. The number of piperazine rings is 1. The molecular formula is C34H33Cl2N7O4S. The molecule has 0 aliphatic carbocycles. The molecule has 0 spiro atoms. The molecule has 0 N–H and O–H groups in total. The Morgan fingerprint density at radius 3 is 2.52 bits per heavy atom. The van der Waals surface area contributed by atoms with Crippen LogP contribution in [0.2, 0.25) is 10.0 Å². The van der Waals surface area contributed by atoms with Crippen molar-refractivity contribution < 1.29 is 17.9 Å². The van der Waals surface area contributed by atoms with Crippen molar-refractivity contribution in [2.45, 2.75) is 37.3 Å². The molecule has 7 rings (SSSR count). The SMILES string of the molecule is Cc1cc(-n2cncn2)c2cccc(OCc3c(Cl)ccc(S(=O)(=O)N4CCC[C@H]4C(=O)N4CCN(c5ccccc5)CC4)c3Cl)c2n1. The fourth-order valence-corrected chi connectivity index (χ4v) is 8.98. The number of hydrogen-bond donors (Lipinski definition) is 0. The molecule has 1 amide bonds. The molecule has 2 fully saturated rings. The average Bonchev–Trinajstić information content (AvgIpc) is 3.82. The highest BCUT2D eigenvalue weighted by Gasteiger charge is 2.42. The third kappa shape index (κ3) is 6.09. The van der Waals surface area contributed by atoms with E-state index in [2.05, 4.69) is 15.0 Å². The topological polar surface area (TPSA) is 114 Å². The van der Waals surface area contributed by atoms with E-state index in [1.807, 2.05) is 55.5 Å². The fraction of sp³-hybridized carbons (Fsp3) is 0.294. The zero-order valence-electron chi connectivity index (χ0n) is 26.2. The lowest BCUT2D eigenvalue weighted by atomic mass is 10.1. The zero-order valence-corrected chi connectivity index (χ0v) is 28.5. The summed E-state index contributed by atoms with van der Waals surface area (Å²) < 4.78 is 37.5. The smallest absolute Gasteiger partial charge is 0.245 e. The molecule has 11 nitrogen and oxygen atoms in total. The van der Waals surface area contributed by atoms with Gasteiger partial charge in [0.25, 0.3) is 0 Å². The first-order valence-corrected chi connectivity index (χ1v) is 17.9. The van der Waals surface area contributed by atoms with Gasteiger partial charge in [-0.1, -0.05) is 53.5 Å². The zero-order chi connectivity index (χ0) is 33.4. The lowest BCUT2D eigenvalue weighted by Crippen LogP contribution is -2.54. The van der Waals surface area contributed by atoms with Crippen LogP contribution in [0.4, 0.5) is 5.69 Å². The number of aryl methyl sites for hydroxylation is 1. The van der Waals surface area contributed by atoms with Crippen molar-refractivity contribution in [1.82, 2.24) is 29.0 Å². The molecule has 2 aliphatic rings. The van der Waals surface area contributed by atoms with Gasteiger partial charge in [-0.3, -0.25) is 4.79 Å². The van der Waals surface area contributed by atoms with Crippen LogP contribution in [0.5, 0.6) is 5.75 Å². The van der Waals surface area contributed by atoms with Gasteiger partial charge in [0.2, 0.25) is 15.9 Å². The van der Waals surface area contributed by atoms with Crippen LogP contribution in [0.3, 0.4) is 0 Å². The Hall–Kier alpha value is -4.23. The molecule has 2 aromatic heterocycles. The monoisotopic (exact) mass is 705 g/mol. The third-order valence-electron chi connectivity index (χ3n) is 8.88. The second kappa shape index (κ2) is 13.3. The molecule has 0 radical (unpaired) electrons. The van der Waals surface area contributed by atoms with Crippen LogP contribution in [-0.2, 0) is 21.4 Å². The van der Waals surface area contributed by atoms with E-state index >= 15 is 0 Å². The quantitative estimate of drug-likeness (QED) is 0.208. The molecule has 48 heavy (non-hydrogen) atoms. The summed E-state index contributed by atoms with van der Waals surface area (Å²) in [6, 6.07) is 19.6. The Bertz CT molecular complexity index is 2070. The van der Waals surface area contributed by atoms with Crippen molar-refractivity contribution in [3.63, 3.8) is 0 Å². The standard InChI is InChI=1S/C34H33Cl2N7O4S/c1-23-19-29(42-22-37-21-38-42)25-9-5-11-30(33(25)39-23)47-20-26-27(35)12-13-31(32(26)36)48(45,46)43-14-6-10-28(43)34(44)41-17-15-40(16-18-41)24-7-3-2-4-8-24/h2-5,7-9,11-13,19,21-22,28H,6,10,14-18,20H2,1H3/t28-/m0/s1. The third-order valence-corrected chi connectivity index (χ3v) is 11.7. The van der Waals surface area contributed by atoms with E-state index in [-0.39, 0.29) is 34.0 Å². The molecule has 14 heteroatoms. The number of para-hydroxylation sites is 2. The largest absolute Gasteiger partial charge is 0.487 e. The summed E-state index contributed by atoms with van der Waals surface area (Å²) in [4.78, 5) is 26.4. The van der Waals surface area contributed by atoms with Crippen LogP contribution in [0.25, 0.3) is 16.6 Å². The summed E-state index contributed by atoms with van der Waals surface area (Å²) in [5.74, 6) is 0.289. The lowest BCUT2D eigenvalue weighted by Gasteiger charge is -2.38. The van der Waals surface area contributed by atoms with E-state index in [9.17, 15) is 13.2 Å². The summed E-state index contributed by atoms with van der Waals surface area (Å²) in [6.45, 7) is 4.38. The summed E-state index contributed by atoms with van der Waals surface area (Å²) in [6.07, 6.45) is 4.09. The maximum absolute atomic E-state index is 14.1. The number of anilines is 1. The maximum Gasteiger partial charge on any atom is 0.245 e. The van der Waals surface area contributed by atoms with Crippen LogP contribution >= 0.6 is 23.2 Å². The number of pyridine rings is 1. The van der Waals surface area contributed by atoms with Crippen LogP contribution < -0.4 is 9.64 Å². The number of halogens is 2. The molecule has 248 valence electrons. The van der Waals surface area contributed by atoms with Gasteiger partial charge in [-0.25, -0.2) is 23.1 Å². The van der Waals surface area contributed by atoms with Crippen LogP contribution in [-0.4, -0.2) is 82.0 Å². The molecule has 0 bridgehead atoms. The fourth-order valence-electron chi connectivity index (χ4n) is 6.46. The van der Waals surface area contributed by atoms with E-state index < -0.39 is 16.1 Å². The van der Waals surface area contributed by atoms with Crippen molar-refractivity contribution >= 4 is 55.7 Å². The van der Waals surface area contributed by atoms with E-state index in [4.69, 9.17) is 32.9 Å². The van der Waals surface area contributed by atoms with Gasteiger partial charge in [0.15, 0.2) is 0 Å². The summed E-state index contributed by atoms with van der Waals surface area (Å²) in [5, 5.41) is 5.28. The second-order valence-electron chi connectivity index (χ2n) is 11.8. The van der Waals surface area contributed by atoms with Crippen LogP contribution in [0.15, 0.2) is 84.3 Å². The highest BCUT2D eigenvalue weighted by atomic mass is 35.5. The Labute approximate surface area is 288 Å². The average molecular weight is 707 g/mol. The summed E-state index contributed by atoms with van der Waals surface area (Å²) >= 11 is 13.4. The van der Waals surface area contributed by atoms with Crippen molar-refractivity contribution in [1.29, 1.82) is 0 Å². The van der Waals surface area contributed by atoms with Gasteiger partial charge in [0, 0.05) is 60.1 Å². The number of carbonyl (C=O) groups excluding carboxylic acids is 1. The molecule has 5 aromatic rings. The van der Waals surface area contributed by atoms with Crippen molar-refractivity contribution in [3.8, 4) is 11.4 Å². The van der Waals surface area contributed by atoms with E-state index in [0.29, 0.717) is 55.9 Å². The molecular weight excluding hydrogens is 673 g/mol. The van der Waals surface area contributed by atoms with Gasteiger partial charge >= 0.3 is 0 Å². The molecule has 3 aromatic carbocycles. The molecule has 2 aliphatic heterocycles. The molecule has 0 unspecified atom stereocenters. The van der Waals surface area contributed by atoms with Gasteiger partial charge in [-0.2, -0.15) is 9.40 Å². The van der Waals surface area contributed by atoms with Gasteiger partial charge < -0.3 is 14.5 Å². The lowest BCUT2D eigenvalue weighted by molar-refractivity contribution is -0.134.